The largest absolute Gasteiger partial charge is 0.496 e. The summed E-state index contributed by atoms with van der Waals surface area (Å²) < 4.78 is 19.8. The van der Waals surface area contributed by atoms with Gasteiger partial charge in [-0.3, -0.25) is 4.79 Å². The predicted octanol–water partition coefficient (Wildman–Crippen LogP) is 3.79. The summed E-state index contributed by atoms with van der Waals surface area (Å²) in [6.07, 6.45) is 1.39. The Kier molecular flexibility index (Phi) is 7.02. The van der Waals surface area contributed by atoms with Gasteiger partial charge in [-0.25, -0.2) is 14.4 Å². The molecule has 0 aliphatic carbocycles. The molecule has 0 fully saturated rings. The van der Waals surface area contributed by atoms with E-state index in [1.807, 2.05) is 13.0 Å². The number of amides is 1. The number of carbonyl (C=O) groups excluding carboxylic acids is 1. The number of benzene rings is 2. The Morgan fingerprint density at radius 2 is 2.10 bits per heavy atom. The molecule has 0 spiro atoms. The highest BCUT2D eigenvalue weighted by Crippen LogP contribution is 2.31. The molecule has 0 bridgehead atoms. The average Bonchev–Trinajstić information content (AvgIpc) is 2.75. The average molecular weight is 432 g/mol. The summed E-state index contributed by atoms with van der Waals surface area (Å²) in [7, 11) is 1.57. The molecular formula is C21H23ClFN5O2. The molecule has 3 N–H and O–H groups in total. The van der Waals surface area contributed by atoms with Crippen molar-refractivity contribution in [2.75, 3.05) is 19.0 Å². The molecular weight excluding hydrogens is 409 g/mol. The maximum Gasteiger partial charge on any atom is 0.236 e. The maximum absolute atomic E-state index is 14.3. The van der Waals surface area contributed by atoms with E-state index >= 15 is 0 Å². The van der Waals surface area contributed by atoms with E-state index in [4.69, 9.17) is 16.3 Å². The Balaban J connectivity index is 1.93. The van der Waals surface area contributed by atoms with Crippen LogP contribution in [0.2, 0.25) is 5.02 Å². The summed E-state index contributed by atoms with van der Waals surface area (Å²) >= 11 is 5.88. The van der Waals surface area contributed by atoms with Crippen LogP contribution in [-0.2, 0) is 11.3 Å². The molecule has 30 heavy (non-hydrogen) atoms. The summed E-state index contributed by atoms with van der Waals surface area (Å²) in [6.45, 7) is 4.61. The first-order chi connectivity index (χ1) is 14.4. The lowest BCUT2D eigenvalue weighted by molar-refractivity contribution is -0.122. The van der Waals surface area contributed by atoms with E-state index < -0.39 is 5.82 Å². The highest BCUT2D eigenvalue weighted by molar-refractivity contribution is 6.31. The van der Waals surface area contributed by atoms with Crippen LogP contribution in [-0.4, -0.2) is 35.6 Å². The van der Waals surface area contributed by atoms with E-state index in [9.17, 15) is 9.18 Å². The molecule has 0 saturated heterocycles. The van der Waals surface area contributed by atoms with Crippen LogP contribution in [0.5, 0.6) is 5.75 Å². The molecule has 0 aliphatic heterocycles. The van der Waals surface area contributed by atoms with Crippen LogP contribution in [0.1, 0.15) is 19.4 Å². The number of nitrogens with one attached hydrogen (secondary N) is 3. The molecule has 2 aromatic carbocycles. The SMILES string of the molecule is CCNC(=O)[C@H](C)NCc1cc2c(Nc3cccc(Cl)c3F)ncnc2cc1OC. The van der Waals surface area contributed by atoms with Gasteiger partial charge >= 0.3 is 0 Å². The molecule has 0 unspecified atom stereocenters. The quantitative estimate of drug-likeness (QED) is 0.503. The van der Waals surface area contributed by atoms with Crippen LogP contribution in [0, 0.1) is 5.82 Å². The number of hydrogen-bond donors (Lipinski definition) is 3. The van der Waals surface area contributed by atoms with Crippen molar-refractivity contribution in [3.63, 3.8) is 0 Å². The number of methoxy groups -OCH3 is 1. The first-order valence-electron chi connectivity index (χ1n) is 9.48. The second-order valence-electron chi connectivity index (χ2n) is 6.63. The number of aromatic nitrogens is 2. The van der Waals surface area contributed by atoms with Crippen LogP contribution >= 0.6 is 11.6 Å². The van der Waals surface area contributed by atoms with Crippen LogP contribution in [0.25, 0.3) is 10.9 Å². The maximum atomic E-state index is 14.3. The van der Waals surface area contributed by atoms with Gasteiger partial charge < -0.3 is 20.7 Å². The summed E-state index contributed by atoms with van der Waals surface area (Å²) in [5.74, 6) is 0.412. The fourth-order valence-corrected chi connectivity index (χ4v) is 3.14. The van der Waals surface area contributed by atoms with Crippen molar-refractivity contribution < 1.29 is 13.9 Å². The van der Waals surface area contributed by atoms with Gasteiger partial charge in [0.25, 0.3) is 0 Å². The Hall–Kier alpha value is -2.97. The minimum atomic E-state index is -0.558. The minimum Gasteiger partial charge on any atom is -0.496 e. The molecule has 9 heteroatoms. The molecule has 1 heterocycles. The van der Waals surface area contributed by atoms with Gasteiger partial charge in [0.15, 0.2) is 5.82 Å². The second kappa shape index (κ2) is 9.69. The van der Waals surface area contributed by atoms with E-state index in [1.54, 1.807) is 32.2 Å². The predicted molar refractivity (Wildman–Crippen MR) is 116 cm³/mol. The lowest BCUT2D eigenvalue weighted by atomic mass is 10.1. The smallest absolute Gasteiger partial charge is 0.236 e. The molecule has 1 amide bonds. The molecule has 158 valence electrons. The highest BCUT2D eigenvalue weighted by Gasteiger charge is 2.15. The zero-order valence-corrected chi connectivity index (χ0v) is 17.7. The third-order valence-electron chi connectivity index (χ3n) is 4.59. The Bertz CT molecular complexity index is 1060. The number of ether oxygens (including phenoxy) is 1. The normalized spacial score (nSPS) is 11.9. The van der Waals surface area contributed by atoms with Crippen LogP contribution in [0.15, 0.2) is 36.7 Å². The van der Waals surface area contributed by atoms with Crippen molar-refractivity contribution in [1.82, 2.24) is 20.6 Å². The topological polar surface area (TPSA) is 88.2 Å². The first-order valence-corrected chi connectivity index (χ1v) is 9.86. The van der Waals surface area contributed by atoms with Crippen molar-refractivity contribution in [3.05, 3.63) is 53.1 Å². The van der Waals surface area contributed by atoms with Gasteiger partial charge in [0.1, 0.15) is 17.9 Å². The van der Waals surface area contributed by atoms with Crippen molar-refractivity contribution >= 4 is 39.9 Å². The molecule has 3 aromatic rings. The molecule has 0 saturated carbocycles. The third-order valence-corrected chi connectivity index (χ3v) is 4.88. The number of hydrogen-bond acceptors (Lipinski definition) is 6. The Morgan fingerprint density at radius 3 is 2.83 bits per heavy atom. The zero-order valence-electron chi connectivity index (χ0n) is 16.9. The van der Waals surface area contributed by atoms with Gasteiger partial charge in [0.05, 0.1) is 29.4 Å². The second-order valence-corrected chi connectivity index (χ2v) is 7.03. The number of nitrogens with zero attached hydrogens (tertiary/aromatic N) is 2. The van der Waals surface area contributed by atoms with Crippen molar-refractivity contribution in [3.8, 4) is 5.75 Å². The van der Waals surface area contributed by atoms with Crippen LogP contribution < -0.4 is 20.7 Å². The Labute approximate surface area is 179 Å². The van der Waals surface area contributed by atoms with Crippen molar-refractivity contribution in [2.45, 2.75) is 26.4 Å². The standard InChI is InChI=1S/C21H23ClFN5O2/c1-4-24-21(29)12(2)25-10-13-8-14-17(9-18(13)30-3)26-11-27-20(14)28-16-7-5-6-15(22)19(16)23/h5-9,11-12,25H,4,10H2,1-3H3,(H,24,29)(H,26,27,28)/t12-/m0/s1. The third kappa shape index (κ3) is 4.77. The summed E-state index contributed by atoms with van der Waals surface area (Å²) in [4.78, 5) is 20.5. The van der Waals surface area contributed by atoms with Gasteiger partial charge in [-0.15, -0.1) is 0 Å². The van der Waals surface area contributed by atoms with E-state index in [2.05, 4.69) is 25.9 Å². The van der Waals surface area contributed by atoms with Crippen LogP contribution in [0.4, 0.5) is 15.9 Å². The zero-order chi connectivity index (χ0) is 21.7. The monoisotopic (exact) mass is 431 g/mol. The lowest BCUT2D eigenvalue weighted by Crippen LogP contribution is -2.41. The molecule has 7 nitrogen and oxygen atoms in total. The van der Waals surface area contributed by atoms with E-state index in [0.29, 0.717) is 35.6 Å². The fraction of sp³-hybridized carbons (Fsp3) is 0.286. The number of rotatable bonds is 8. The van der Waals surface area contributed by atoms with E-state index in [0.717, 1.165) is 5.56 Å². The fourth-order valence-electron chi connectivity index (χ4n) is 2.97. The molecule has 1 aromatic heterocycles. The van der Waals surface area contributed by atoms with Crippen molar-refractivity contribution in [2.24, 2.45) is 0 Å². The van der Waals surface area contributed by atoms with Crippen molar-refractivity contribution in [1.29, 1.82) is 0 Å². The van der Waals surface area contributed by atoms with Crippen LogP contribution in [0.3, 0.4) is 0 Å². The molecule has 0 aliphatic rings. The molecule has 0 radical (unpaired) electrons. The molecule has 1 atom stereocenters. The summed E-state index contributed by atoms with van der Waals surface area (Å²) in [5.41, 5.74) is 1.65. The number of likely N-dealkylation sites (N-methyl/N-ethyl adjacent to an activating group) is 1. The number of fused-ring (bicyclic) bond motifs is 1. The highest BCUT2D eigenvalue weighted by atomic mass is 35.5. The summed E-state index contributed by atoms with van der Waals surface area (Å²) in [6, 6.07) is 7.97. The van der Waals surface area contributed by atoms with E-state index in [-0.39, 0.29) is 22.7 Å². The lowest BCUT2D eigenvalue weighted by Gasteiger charge is -2.16. The summed E-state index contributed by atoms with van der Waals surface area (Å²) in [5, 5.41) is 9.64. The minimum absolute atomic E-state index is 0.0178. The molecule has 3 rings (SSSR count). The Morgan fingerprint density at radius 1 is 1.30 bits per heavy atom. The van der Waals surface area contributed by atoms with Gasteiger partial charge in [0.2, 0.25) is 5.91 Å². The number of anilines is 2. The van der Waals surface area contributed by atoms with Gasteiger partial charge in [-0.2, -0.15) is 0 Å². The number of halogens is 2. The van der Waals surface area contributed by atoms with Gasteiger partial charge in [0, 0.05) is 30.1 Å². The first kappa shape index (κ1) is 21.7. The van der Waals surface area contributed by atoms with E-state index in [1.165, 1.54) is 12.4 Å². The number of carbonyl (C=O) groups is 1. The van der Waals surface area contributed by atoms with Gasteiger partial charge in [-0.05, 0) is 32.0 Å². The van der Waals surface area contributed by atoms with Gasteiger partial charge in [-0.1, -0.05) is 17.7 Å².